The molecule has 2 aliphatic carbocycles. The van der Waals surface area contributed by atoms with E-state index in [0.717, 1.165) is 18.3 Å². The van der Waals surface area contributed by atoms with Crippen molar-refractivity contribution in [2.75, 3.05) is 0 Å². The molecule has 112 valence electrons. The second-order valence-corrected chi connectivity index (χ2v) is 7.60. The van der Waals surface area contributed by atoms with E-state index in [1.54, 1.807) is 0 Å². The van der Waals surface area contributed by atoms with Crippen LogP contribution < -0.4 is 0 Å². The van der Waals surface area contributed by atoms with Gasteiger partial charge in [-0.15, -0.1) is 0 Å². The summed E-state index contributed by atoms with van der Waals surface area (Å²) in [5, 5.41) is 0. The van der Waals surface area contributed by atoms with Crippen molar-refractivity contribution in [1.29, 1.82) is 0 Å². The normalized spacial score (nSPS) is 47.3. The maximum Gasteiger partial charge on any atom is 0.0967 e. The molecule has 2 nitrogen and oxygen atoms in total. The van der Waals surface area contributed by atoms with E-state index >= 15 is 0 Å². The van der Waals surface area contributed by atoms with E-state index in [1.807, 2.05) is 0 Å². The molecule has 1 aromatic rings. The van der Waals surface area contributed by atoms with Crippen LogP contribution in [0.2, 0.25) is 0 Å². The van der Waals surface area contributed by atoms with Crippen molar-refractivity contribution >= 4 is 0 Å². The average Bonchev–Trinajstić information content (AvgIpc) is 3.28. The summed E-state index contributed by atoms with van der Waals surface area (Å²) in [6, 6.07) is 11.0. The van der Waals surface area contributed by atoms with Crippen LogP contribution in [0.3, 0.4) is 0 Å². The Morgan fingerprint density at radius 1 is 1.00 bits per heavy atom. The first-order valence-corrected chi connectivity index (χ1v) is 8.72. The fraction of sp³-hybridized carbons (Fsp3) is 0.684. The van der Waals surface area contributed by atoms with Crippen molar-refractivity contribution < 1.29 is 9.47 Å². The lowest BCUT2D eigenvalue weighted by Gasteiger charge is -2.41. The van der Waals surface area contributed by atoms with Crippen molar-refractivity contribution in [2.45, 2.75) is 68.9 Å². The van der Waals surface area contributed by atoms with Gasteiger partial charge >= 0.3 is 0 Å². The molecule has 21 heavy (non-hydrogen) atoms. The molecule has 1 aromatic carbocycles. The van der Waals surface area contributed by atoms with E-state index in [4.69, 9.17) is 9.47 Å². The highest BCUT2D eigenvalue weighted by molar-refractivity contribution is 5.27. The molecule has 4 aliphatic rings. The fourth-order valence-electron chi connectivity index (χ4n) is 5.55. The van der Waals surface area contributed by atoms with Gasteiger partial charge in [0.1, 0.15) is 0 Å². The van der Waals surface area contributed by atoms with Gasteiger partial charge in [-0.3, -0.25) is 0 Å². The lowest BCUT2D eigenvalue weighted by atomic mass is 9.78. The SMILES string of the molecule is c1ccc(C2(OC3CC4CCC3O4)CC3CCC2C3)cc1. The molecule has 6 atom stereocenters. The lowest BCUT2D eigenvalue weighted by molar-refractivity contribution is -0.147. The maximum atomic E-state index is 6.89. The van der Waals surface area contributed by atoms with Crippen LogP contribution in [0.4, 0.5) is 0 Å². The zero-order chi connectivity index (χ0) is 13.9. The molecule has 0 aromatic heterocycles. The monoisotopic (exact) mass is 284 g/mol. The Bertz CT molecular complexity index is 528. The van der Waals surface area contributed by atoms with Gasteiger partial charge in [-0.25, -0.2) is 0 Å². The average molecular weight is 284 g/mol. The predicted molar refractivity (Wildman–Crippen MR) is 81.0 cm³/mol. The molecule has 0 spiro atoms. The van der Waals surface area contributed by atoms with Crippen LogP contribution in [0.15, 0.2) is 30.3 Å². The molecule has 2 aliphatic heterocycles. The number of benzene rings is 1. The zero-order valence-corrected chi connectivity index (χ0v) is 12.5. The standard InChI is InChI=1S/C19H24O2/c1-2-4-14(5-3-1)19(12-13-6-7-15(19)10-13)21-18-11-16-8-9-17(18)20-16/h1-5,13,15-18H,6-12H2. The molecule has 2 saturated heterocycles. The van der Waals surface area contributed by atoms with Gasteiger partial charge in [0.25, 0.3) is 0 Å². The van der Waals surface area contributed by atoms with Crippen molar-refractivity contribution in [3.8, 4) is 0 Å². The van der Waals surface area contributed by atoms with Gasteiger partial charge < -0.3 is 9.47 Å². The van der Waals surface area contributed by atoms with Crippen LogP contribution in [-0.4, -0.2) is 18.3 Å². The minimum Gasteiger partial charge on any atom is -0.372 e. The molecule has 4 bridgehead atoms. The molecular weight excluding hydrogens is 260 g/mol. The summed E-state index contributed by atoms with van der Waals surface area (Å²) in [7, 11) is 0. The molecule has 6 unspecified atom stereocenters. The van der Waals surface area contributed by atoms with Gasteiger partial charge in [0.15, 0.2) is 0 Å². The van der Waals surface area contributed by atoms with Crippen molar-refractivity contribution in [1.82, 2.24) is 0 Å². The molecule has 0 N–H and O–H groups in total. The molecule has 0 amide bonds. The van der Waals surface area contributed by atoms with Crippen LogP contribution >= 0.6 is 0 Å². The first kappa shape index (κ1) is 12.7. The molecule has 4 fully saturated rings. The lowest BCUT2D eigenvalue weighted by Crippen LogP contribution is -2.42. The molecule has 2 heteroatoms. The Balaban J connectivity index is 1.48. The van der Waals surface area contributed by atoms with Crippen molar-refractivity contribution in [3.63, 3.8) is 0 Å². The van der Waals surface area contributed by atoms with Gasteiger partial charge in [-0.05, 0) is 55.9 Å². The summed E-state index contributed by atoms with van der Waals surface area (Å²) in [5.74, 6) is 1.61. The van der Waals surface area contributed by atoms with Crippen LogP contribution in [-0.2, 0) is 15.1 Å². The number of ether oxygens (including phenoxy) is 2. The zero-order valence-electron chi connectivity index (χ0n) is 12.5. The summed E-state index contributed by atoms with van der Waals surface area (Å²) in [6.45, 7) is 0. The molecule has 5 rings (SSSR count). The highest BCUT2D eigenvalue weighted by atomic mass is 16.6. The first-order valence-electron chi connectivity index (χ1n) is 8.72. The van der Waals surface area contributed by atoms with Gasteiger partial charge in [-0.2, -0.15) is 0 Å². The Kier molecular flexibility index (Phi) is 2.75. The Labute approximate surface area is 126 Å². The van der Waals surface area contributed by atoms with Gasteiger partial charge in [0.2, 0.25) is 0 Å². The highest BCUT2D eigenvalue weighted by Crippen LogP contribution is 2.59. The molecule has 0 radical (unpaired) electrons. The molecular formula is C19H24O2. The fourth-order valence-corrected chi connectivity index (χ4v) is 5.55. The summed E-state index contributed by atoms with van der Waals surface area (Å²) in [6.07, 6.45) is 10.1. The van der Waals surface area contributed by atoms with Gasteiger partial charge in [0.05, 0.1) is 23.9 Å². The number of hydrogen-bond donors (Lipinski definition) is 0. The Morgan fingerprint density at radius 3 is 2.52 bits per heavy atom. The van der Waals surface area contributed by atoms with Gasteiger partial charge in [0, 0.05) is 6.42 Å². The highest BCUT2D eigenvalue weighted by Gasteiger charge is 2.56. The Hall–Kier alpha value is -0.860. The first-order chi connectivity index (χ1) is 10.3. The number of rotatable bonds is 3. The van der Waals surface area contributed by atoms with Crippen LogP contribution in [0.25, 0.3) is 0 Å². The second kappa shape index (κ2) is 4.57. The van der Waals surface area contributed by atoms with E-state index in [9.17, 15) is 0 Å². The van der Waals surface area contributed by atoms with Crippen LogP contribution in [0.1, 0.15) is 50.5 Å². The van der Waals surface area contributed by atoms with E-state index < -0.39 is 0 Å². The summed E-state index contributed by atoms with van der Waals surface area (Å²) < 4.78 is 12.9. The van der Waals surface area contributed by atoms with E-state index in [0.29, 0.717) is 18.3 Å². The number of hydrogen-bond acceptors (Lipinski definition) is 2. The summed E-state index contributed by atoms with van der Waals surface area (Å²) in [5.41, 5.74) is 1.41. The minimum absolute atomic E-state index is 0.0112. The maximum absolute atomic E-state index is 6.89. The quantitative estimate of drug-likeness (QED) is 0.834. The largest absolute Gasteiger partial charge is 0.372 e. The third-order valence-electron chi connectivity index (χ3n) is 6.47. The van der Waals surface area contributed by atoms with Crippen LogP contribution in [0, 0.1) is 11.8 Å². The van der Waals surface area contributed by atoms with E-state index in [1.165, 1.54) is 44.1 Å². The molecule has 2 heterocycles. The van der Waals surface area contributed by atoms with Gasteiger partial charge in [-0.1, -0.05) is 30.3 Å². The molecule has 2 saturated carbocycles. The van der Waals surface area contributed by atoms with Crippen LogP contribution in [0.5, 0.6) is 0 Å². The van der Waals surface area contributed by atoms with E-state index in [-0.39, 0.29) is 5.60 Å². The topological polar surface area (TPSA) is 18.5 Å². The van der Waals surface area contributed by atoms with Crippen molar-refractivity contribution in [2.24, 2.45) is 11.8 Å². The van der Waals surface area contributed by atoms with E-state index in [2.05, 4.69) is 30.3 Å². The third-order valence-corrected chi connectivity index (χ3v) is 6.47. The summed E-state index contributed by atoms with van der Waals surface area (Å²) in [4.78, 5) is 0. The predicted octanol–water partition coefficient (Wildman–Crippen LogP) is 4.04. The smallest absolute Gasteiger partial charge is 0.0967 e. The third kappa shape index (κ3) is 1.85. The Morgan fingerprint density at radius 2 is 1.90 bits per heavy atom. The number of fused-ring (bicyclic) bond motifs is 4. The second-order valence-electron chi connectivity index (χ2n) is 7.60. The van der Waals surface area contributed by atoms with Crippen molar-refractivity contribution in [3.05, 3.63) is 35.9 Å². The minimum atomic E-state index is -0.0112. The summed E-state index contributed by atoms with van der Waals surface area (Å²) >= 11 is 0.